The lowest BCUT2D eigenvalue weighted by Gasteiger charge is -2.16. The summed E-state index contributed by atoms with van der Waals surface area (Å²) in [5.41, 5.74) is 3.62. The second kappa shape index (κ2) is 7.61. The molecule has 0 saturated carbocycles. The third kappa shape index (κ3) is 3.53. The Kier molecular flexibility index (Phi) is 5.06. The van der Waals surface area contributed by atoms with Gasteiger partial charge in [0.25, 0.3) is 0 Å². The zero-order valence-electron chi connectivity index (χ0n) is 14.8. The minimum atomic E-state index is 0.217. The normalized spacial score (nSPS) is 12.5. The number of fused-ring (bicyclic) bond motifs is 1. The smallest absolute Gasteiger partial charge is 0.119 e. The van der Waals surface area contributed by atoms with Gasteiger partial charge < -0.3 is 15.0 Å². The van der Waals surface area contributed by atoms with E-state index in [1.54, 1.807) is 29.8 Å². The van der Waals surface area contributed by atoms with Crippen LogP contribution in [0.25, 0.3) is 10.9 Å². The van der Waals surface area contributed by atoms with Gasteiger partial charge in [0.1, 0.15) is 10.8 Å². The molecule has 4 nitrogen and oxygen atoms in total. The molecule has 26 heavy (non-hydrogen) atoms. The molecule has 6 heteroatoms. The van der Waals surface area contributed by atoms with Gasteiger partial charge in [-0.05, 0) is 42.1 Å². The SMILES string of the molecule is COc1ccc2[nH]c(CN[C@H](Cc3cccs3)c3nccs3)c(C)c2c1. The van der Waals surface area contributed by atoms with Gasteiger partial charge in [0.2, 0.25) is 0 Å². The number of aromatic nitrogens is 2. The second-order valence-electron chi connectivity index (χ2n) is 6.23. The molecular formula is C20H21N3OS2. The summed E-state index contributed by atoms with van der Waals surface area (Å²) >= 11 is 3.50. The summed E-state index contributed by atoms with van der Waals surface area (Å²) in [6.45, 7) is 2.94. The second-order valence-corrected chi connectivity index (χ2v) is 8.19. The van der Waals surface area contributed by atoms with Crippen LogP contribution in [0.5, 0.6) is 5.75 Å². The van der Waals surface area contributed by atoms with Crippen LogP contribution in [0.4, 0.5) is 0 Å². The zero-order valence-corrected chi connectivity index (χ0v) is 16.4. The first kappa shape index (κ1) is 17.3. The van der Waals surface area contributed by atoms with Gasteiger partial charge >= 0.3 is 0 Å². The molecule has 0 radical (unpaired) electrons. The van der Waals surface area contributed by atoms with Crippen LogP contribution in [-0.2, 0) is 13.0 Å². The Balaban J connectivity index is 1.55. The molecule has 0 unspecified atom stereocenters. The average molecular weight is 384 g/mol. The van der Waals surface area contributed by atoms with Gasteiger partial charge in [0.05, 0.1) is 13.2 Å². The zero-order chi connectivity index (χ0) is 17.9. The molecule has 4 aromatic rings. The fourth-order valence-corrected chi connectivity index (χ4v) is 4.64. The summed E-state index contributed by atoms with van der Waals surface area (Å²) in [7, 11) is 1.70. The van der Waals surface area contributed by atoms with Crippen molar-refractivity contribution in [3.05, 3.63) is 68.4 Å². The van der Waals surface area contributed by atoms with Gasteiger partial charge in [0, 0.05) is 46.0 Å². The van der Waals surface area contributed by atoms with E-state index < -0.39 is 0 Å². The van der Waals surface area contributed by atoms with Crippen LogP contribution in [0.1, 0.15) is 27.2 Å². The molecule has 2 N–H and O–H groups in total. The predicted octanol–water partition coefficient (Wildman–Crippen LogP) is 5.08. The number of ether oxygens (including phenoxy) is 1. The standard InChI is InChI=1S/C20H21N3OS2/c1-13-16-10-14(24-2)5-6-17(16)23-19(13)12-22-18(20-21-7-9-26-20)11-15-4-3-8-25-15/h3-10,18,22-23H,11-12H2,1-2H3/t18-/m1/s1. The van der Waals surface area contributed by atoms with Crippen LogP contribution in [0.15, 0.2) is 47.3 Å². The van der Waals surface area contributed by atoms with E-state index in [2.05, 4.69) is 51.9 Å². The quantitative estimate of drug-likeness (QED) is 0.468. The Morgan fingerprint density at radius 2 is 2.15 bits per heavy atom. The highest BCUT2D eigenvalue weighted by Gasteiger charge is 2.17. The number of benzene rings is 1. The molecule has 0 amide bonds. The molecule has 0 aliphatic carbocycles. The molecule has 1 atom stereocenters. The Morgan fingerprint density at radius 1 is 1.23 bits per heavy atom. The number of H-pyrrole nitrogens is 1. The maximum Gasteiger partial charge on any atom is 0.119 e. The van der Waals surface area contributed by atoms with Gasteiger partial charge in [-0.3, -0.25) is 0 Å². The number of nitrogens with zero attached hydrogens (tertiary/aromatic N) is 1. The van der Waals surface area contributed by atoms with Crippen LogP contribution in [-0.4, -0.2) is 17.1 Å². The highest BCUT2D eigenvalue weighted by Crippen LogP contribution is 2.27. The number of methoxy groups -OCH3 is 1. The van der Waals surface area contributed by atoms with Crippen molar-refractivity contribution >= 4 is 33.6 Å². The van der Waals surface area contributed by atoms with Crippen molar-refractivity contribution < 1.29 is 4.74 Å². The number of aromatic amines is 1. The fourth-order valence-electron chi connectivity index (χ4n) is 3.17. The monoisotopic (exact) mass is 383 g/mol. The van der Waals surface area contributed by atoms with Crippen molar-refractivity contribution in [3.8, 4) is 5.75 Å². The molecule has 0 fully saturated rings. The van der Waals surface area contributed by atoms with E-state index in [0.717, 1.165) is 29.2 Å². The highest BCUT2D eigenvalue weighted by atomic mass is 32.1. The Labute approximate surface area is 160 Å². The summed E-state index contributed by atoms with van der Waals surface area (Å²) < 4.78 is 5.36. The number of thiazole rings is 1. The molecule has 3 aromatic heterocycles. The van der Waals surface area contributed by atoms with E-state index >= 15 is 0 Å². The van der Waals surface area contributed by atoms with Crippen LogP contribution in [0.3, 0.4) is 0 Å². The summed E-state index contributed by atoms with van der Waals surface area (Å²) in [6.07, 6.45) is 2.84. The van der Waals surface area contributed by atoms with E-state index in [1.165, 1.54) is 21.5 Å². The van der Waals surface area contributed by atoms with Crippen LogP contribution in [0, 0.1) is 6.92 Å². The average Bonchev–Trinajstić information content (AvgIpc) is 3.41. The molecule has 3 heterocycles. The van der Waals surface area contributed by atoms with Gasteiger partial charge in [-0.25, -0.2) is 4.98 Å². The fraction of sp³-hybridized carbons (Fsp3) is 0.250. The van der Waals surface area contributed by atoms with Crippen molar-refractivity contribution in [1.29, 1.82) is 0 Å². The summed E-state index contributed by atoms with van der Waals surface area (Å²) in [5, 5.41) is 10.2. The largest absolute Gasteiger partial charge is 0.497 e. The number of aryl methyl sites for hydroxylation is 1. The third-order valence-electron chi connectivity index (χ3n) is 4.63. The summed E-state index contributed by atoms with van der Waals surface area (Å²) in [5.74, 6) is 0.887. The number of hydrogen-bond acceptors (Lipinski definition) is 5. The molecule has 1 aromatic carbocycles. The lowest BCUT2D eigenvalue weighted by molar-refractivity contribution is 0.415. The minimum absolute atomic E-state index is 0.217. The lowest BCUT2D eigenvalue weighted by Crippen LogP contribution is -2.23. The Morgan fingerprint density at radius 3 is 2.88 bits per heavy atom. The van der Waals surface area contributed by atoms with Crippen molar-refractivity contribution in [1.82, 2.24) is 15.3 Å². The van der Waals surface area contributed by atoms with Gasteiger partial charge in [-0.2, -0.15) is 0 Å². The first-order valence-electron chi connectivity index (χ1n) is 8.55. The first-order valence-corrected chi connectivity index (χ1v) is 10.3. The number of rotatable bonds is 7. The van der Waals surface area contributed by atoms with Crippen molar-refractivity contribution in [3.63, 3.8) is 0 Å². The molecule has 0 saturated heterocycles. The minimum Gasteiger partial charge on any atom is -0.497 e. The van der Waals surface area contributed by atoms with E-state index in [9.17, 15) is 0 Å². The van der Waals surface area contributed by atoms with E-state index in [-0.39, 0.29) is 6.04 Å². The predicted molar refractivity (Wildman–Crippen MR) is 109 cm³/mol. The molecule has 4 rings (SSSR count). The number of nitrogens with one attached hydrogen (secondary N) is 2. The highest BCUT2D eigenvalue weighted by molar-refractivity contribution is 7.10. The van der Waals surface area contributed by atoms with Crippen LogP contribution >= 0.6 is 22.7 Å². The van der Waals surface area contributed by atoms with E-state index in [1.807, 2.05) is 17.6 Å². The van der Waals surface area contributed by atoms with Gasteiger partial charge in [-0.1, -0.05) is 6.07 Å². The number of hydrogen-bond donors (Lipinski definition) is 2. The van der Waals surface area contributed by atoms with Crippen molar-refractivity contribution in [2.45, 2.75) is 25.9 Å². The van der Waals surface area contributed by atoms with Crippen LogP contribution in [0.2, 0.25) is 0 Å². The molecule has 0 bridgehead atoms. The lowest BCUT2D eigenvalue weighted by atomic mass is 10.1. The van der Waals surface area contributed by atoms with Gasteiger partial charge in [0.15, 0.2) is 0 Å². The topological polar surface area (TPSA) is 49.9 Å². The van der Waals surface area contributed by atoms with Crippen molar-refractivity contribution in [2.24, 2.45) is 0 Å². The first-order chi connectivity index (χ1) is 12.7. The van der Waals surface area contributed by atoms with Crippen molar-refractivity contribution in [2.75, 3.05) is 7.11 Å². The Bertz CT molecular complexity index is 974. The molecular weight excluding hydrogens is 362 g/mol. The van der Waals surface area contributed by atoms with E-state index in [4.69, 9.17) is 4.74 Å². The van der Waals surface area contributed by atoms with Gasteiger partial charge in [-0.15, -0.1) is 22.7 Å². The third-order valence-corrected chi connectivity index (χ3v) is 6.42. The molecule has 0 aliphatic heterocycles. The summed E-state index contributed by atoms with van der Waals surface area (Å²) in [4.78, 5) is 9.44. The van der Waals surface area contributed by atoms with E-state index in [0.29, 0.717) is 0 Å². The Hall–Kier alpha value is -2.15. The molecule has 0 aliphatic rings. The number of thiophene rings is 1. The summed E-state index contributed by atoms with van der Waals surface area (Å²) in [6, 6.07) is 10.7. The maximum atomic E-state index is 5.36. The molecule has 0 spiro atoms. The van der Waals surface area contributed by atoms with Crippen LogP contribution < -0.4 is 10.1 Å². The maximum absolute atomic E-state index is 5.36. The molecule has 134 valence electrons.